The summed E-state index contributed by atoms with van der Waals surface area (Å²) in [5.41, 5.74) is 0.688. The van der Waals surface area contributed by atoms with Crippen LogP contribution in [0.4, 0.5) is 0 Å². The zero-order valence-corrected chi connectivity index (χ0v) is 13.0. The van der Waals surface area contributed by atoms with Crippen LogP contribution in [0.15, 0.2) is 24.3 Å². The Kier molecular flexibility index (Phi) is 5.17. The Hall–Kier alpha value is -1.55. The lowest BCUT2D eigenvalue weighted by atomic mass is 9.87. The summed E-state index contributed by atoms with van der Waals surface area (Å²) in [5.74, 6) is 0.416. The summed E-state index contributed by atoms with van der Waals surface area (Å²) in [6.07, 6.45) is 0. The first-order valence-electron chi connectivity index (χ1n) is 6.79. The molecule has 2 N–H and O–H groups in total. The van der Waals surface area contributed by atoms with Gasteiger partial charge in [-0.05, 0) is 37.0 Å². The summed E-state index contributed by atoms with van der Waals surface area (Å²) in [6.45, 7) is 9.78. The Bertz CT molecular complexity index is 444. The highest BCUT2D eigenvalue weighted by Crippen LogP contribution is 2.24. The minimum absolute atomic E-state index is 0.0572. The van der Waals surface area contributed by atoms with Crippen LogP contribution < -0.4 is 10.1 Å². The van der Waals surface area contributed by atoms with Crippen LogP contribution >= 0.6 is 0 Å². The van der Waals surface area contributed by atoms with Crippen molar-refractivity contribution in [3.05, 3.63) is 29.8 Å². The van der Waals surface area contributed by atoms with Gasteiger partial charge in [0.25, 0.3) is 5.91 Å². The van der Waals surface area contributed by atoms with E-state index >= 15 is 0 Å². The molecule has 112 valence electrons. The summed E-state index contributed by atoms with van der Waals surface area (Å²) in [6, 6.07) is 7.74. The van der Waals surface area contributed by atoms with Gasteiger partial charge in [-0.25, -0.2) is 0 Å². The topological polar surface area (TPSA) is 58.6 Å². The molecule has 4 heteroatoms. The summed E-state index contributed by atoms with van der Waals surface area (Å²) in [7, 11) is 0. The van der Waals surface area contributed by atoms with E-state index in [9.17, 15) is 4.79 Å². The fraction of sp³-hybridized carbons (Fsp3) is 0.562. The average Bonchev–Trinajstić information content (AvgIpc) is 2.35. The largest absolute Gasteiger partial charge is 0.484 e. The van der Waals surface area contributed by atoms with E-state index in [1.54, 1.807) is 13.8 Å². The first-order valence-corrected chi connectivity index (χ1v) is 6.79. The van der Waals surface area contributed by atoms with Crippen LogP contribution in [-0.4, -0.2) is 29.8 Å². The average molecular weight is 279 g/mol. The molecule has 0 aromatic heterocycles. The second-order valence-corrected chi connectivity index (χ2v) is 6.65. The monoisotopic (exact) mass is 279 g/mol. The molecule has 0 unspecified atom stereocenters. The standard InChI is InChI=1S/C16H25NO3/c1-15(2,3)12-6-8-13(9-7-12)20-10-14(19)17-16(4,5)11-18/h6-9,18H,10-11H2,1-5H3,(H,17,19). The molecule has 20 heavy (non-hydrogen) atoms. The van der Waals surface area contributed by atoms with Gasteiger partial charge in [0.1, 0.15) is 5.75 Å². The highest BCUT2D eigenvalue weighted by molar-refractivity contribution is 5.78. The number of rotatable bonds is 5. The molecule has 0 saturated heterocycles. The van der Waals surface area contributed by atoms with Crippen molar-refractivity contribution in [3.8, 4) is 5.75 Å². The first kappa shape index (κ1) is 16.5. The fourth-order valence-electron chi connectivity index (χ4n) is 1.65. The Balaban J connectivity index is 2.52. The van der Waals surface area contributed by atoms with Gasteiger partial charge in [-0.15, -0.1) is 0 Å². The maximum absolute atomic E-state index is 11.7. The lowest BCUT2D eigenvalue weighted by Crippen LogP contribution is -2.48. The Labute approximate surface area is 121 Å². The normalized spacial score (nSPS) is 12.1. The van der Waals surface area contributed by atoms with E-state index in [2.05, 4.69) is 26.1 Å². The van der Waals surface area contributed by atoms with E-state index < -0.39 is 5.54 Å². The Morgan fingerprint density at radius 1 is 1.15 bits per heavy atom. The molecule has 1 rings (SSSR count). The number of aliphatic hydroxyl groups is 1. The zero-order chi connectivity index (χ0) is 15.4. The van der Waals surface area contributed by atoms with E-state index in [-0.39, 0.29) is 24.5 Å². The van der Waals surface area contributed by atoms with Crippen LogP contribution in [0.2, 0.25) is 0 Å². The Morgan fingerprint density at radius 3 is 2.15 bits per heavy atom. The van der Waals surface area contributed by atoms with Gasteiger partial charge in [0.2, 0.25) is 0 Å². The number of carbonyl (C=O) groups excluding carboxylic acids is 1. The van der Waals surface area contributed by atoms with E-state index in [1.165, 1.54) is 5.56 Å². The molecule has 0 atom stereocenters. The van der Waals surface area contributed by atoms with E-state index in [0.717, 1.165) is 0 Å². The zero-order valence-electron chi connectivity index (χ0n) is 13.0. The van der Waals surface area contributed by atoms with Gasteiger partial charge in [-0.3, -0.25) is 4.79 Å². The lowest BCUT2D eigenvalue weighted by molar-refractivity contribution is -0.125. The number of aliphatic hydroxyl groups excluding tert-OH is 1. The number of hydrogen-bond acceptors (Lipinski definition) is 3. The first-order chi connectivity index (χ1) is 9.14. The van der Waals surface area contributed by atoms with Crippen molar-refractivity contribution in [2.45, 2.75) is 45.6 Å². The molecule has 0 saturated carbocycles. The molecule has 0 aliphatic carbocycles. The SMILES string of the molecule is CC(C)(CO)NC(=O)COc1ccc(C(C)(C)C)cc1. The molecule has 0 aliphatic heterocycles. The summed E-state index contributed by atoms with van der Waals surface area (Å²) in [4.78, 5) is 11.7. The second-order valence-electron chi connectivity index (χ2n) is 6.65. The molecule has 0 fully saturated rings. The fourth-order valence-corrected chi connectivity index (χ4v) is 1.65. The van der Waals surface area contributed by atoms with Crippen molar-refractivity contribution in [3.63, 3.8) is 0 Å². The van der Waals surface area contributed by atoms with Crippen LogP contribution in [0.1, 0.15) is 40.2 Å². The van der Waals surface area contributed by atoms with E-state index in [0.29, 0.717) is 5.75 Å². The predicted octanol–water partition coefficient (Wildman–Crippen LogP) is 2.25. The number of amides is 1. The van der Waals surface area contributed by atoms with E-state index in [1.807, 2.05) is 24.3 Å². The molecule has 0 aliphatic rings. The van der Waals surface area contributed by atoms with Gasteiger partial charge in [-0.2, -0.15) is 0 Å². The number of hydrogen-bond donors (Lipinski definition) is 2. The van der Waals surface area contributed by atoms with Crippen molar-refractivity contribution in [2.24, 2.45) is 0 Å². The maximum Gasteiger partial charge on any atom is 0.258 e. The van der Waals surface area contributed by atoms with Gasteiger partial charge >= 0.3 is 0 Å². The van der Waals surface area contributed by atoms with Crippen LogP contribution in [0.25, 0.3) is 0 Å². The summed E-state index contributed by atoms with van der Waals surface area (Å²) in [5, 5.41) is 11.8. The third kappa shape index (κ3) is 5.21. The molecule has 1 amide bonds. The molecule has 1 aromatic carbocycles. The molecular formula is C16H25NO3. The highest BCUT2D eigenvalue weighted by Gasteiger charge is 2.19. The smallest absolute Gasteiger partial charge is 0.258 e. The second kappa shape index (κ2) is 6.27. The third-order valence-corrected chi connectivity index (χ3v) is 2.96. The van der Waals surface area contributed by atoms with Gasteiger partial charge in [0.15, 0.2) is 6.61 Å². The molecule has 0 radical (unpaired) electrons. The number of benzene rings is 1. The van der Waals surface area contributed by atoms with Gasteiger partial charge in [0, 0.05) is 0 Å². The van der Waals surface area contributed by atoms with Gasteiger partial charge in [-0.1, -0.05) is 32.9 Å². The third-order valence-electron chi connectivity index (χ3n) is 2.96. The molecule has 0 bridgehead atoms. The summed E-state index contributed by atoms with van der Waals surface area (Å²) >= 11 is 0. The van der Waals surface area contributed by atoms with Crippen LogP contribution in [0.3, 0.4) is 0 Å². The van der Waals surface area contributed by atoms with Crippen molar-refractivity contribution < 1.29 is 14.6 Å². The predicted molar refractivity (Wildman–Crippen MR) is 79.9 cm³/mol. The van der Waals surface area contributed by atoms with Crippen molar-refractivity contribution >= 4 is 5.91 Å². The highest BCUT2D eigenvalue weighted by atomic mass is 16.5. The van der Waals surface area contributed by atoms with Gasteiger partial charge in [0.05, 0.1) is 12.1 Å². The molecule has 4 nitrogen and oxygen atoms in total. The maximum atomic E-state index is 11.7. The minimum atomic E-state index is -0.628. The Morgan fingerprint density at radius 2 is 1.70 bits per heavy atom. The lowest BCUT2D eigenvalue weighted by Gasteiger charge is -2.23. The quantitative estimate of drug-likeness (QED) is 0.869. The van der Waals surface area contributed by atoms with Crippen molar-refractivity contribution in [1.29, 1.82) is 0 Å². The number of carbonyl (C=O) groups is 1. The number of nitrogens with one attached hydrogen (secondary N) is 1. The van der Waals surface area contributed by atoms with E-state index in [4.69, 9.17) is 9.84 Å². The molecular weight excluding hydrogens is 254 g/mol. The van der Waals surface area contributed by atoms with Crippen molar-refractivity contribution in [1.82, 2.24) is 5.32 Å². The minimum Gasteiger partial charge on any atom is -0.484 e. The summed E-state index contributed by atoms with van der Waals surface area (Å²) < 4.78 is 5.43. The van der Waals surface area contributed by atoms with Crippen molar-refractivity contribution in [2.75, 3.05) is 13.2 Å². The molecule has 1 aromatic rings. The van der Waals surface area contributed by atoms with Crippen LogP contribution in [0.5, 0.6) is 5.75 Å². The number of ether oxygens (including phenoxy) is 1. The molecule has 0 spiro atoms. The van der Waals surface area contributed by atoms with Crippen LogP contribution in [0, 0.1) is 0 Å². The van der Waals surface area contributed by atoms with Crippen LogP contribution in [-0.2, 0) is 10.2 Å². The van der Waals surface area contributed by atoms with Gasteiger partial charge < -0.3 is 15.2 Å². The molecule has 0 heterocycles.